The van der Waals surface area contributed by atoms with E-state index in [1.54, 1.807) is 11.3 Å². The summed E-state index contributed by atoms with van der Waals surface area (Å²) in [5, 5.41) is 4.57. The van der Waals surface area contributed by atoms with E-state index in [2.05, 4.69) is 52.8 Å². The van der Waals surface area contributed by atoms with Crippen molar-refractivity contribution in [1.82, 2.24) is 10.3 Å². The molecule has 0 aliphatic rings. The molecule has 90 valence electrons. The molecule has 1 heterocycles. The molecule has 3 aromatic rings. The molecule has 3 heteroatoms. The molecule has 0 unspecified atom stereocenters. The molecule has 18 heavy (non-hydrogen) atoms. The Labute approximate surface area is 110 Å². The monoisotopic (exact) mass is 254 g/mol. The van der Waals surface area contributed by atoms with Crippen LogP contribution in [-0.2, 0) is 13.1 Å². The van der Waals surface area contributed by atoms with Crippen molar-refractivity contribution in [2.75, 3.05) is 0 Å². The van der Waals surface area contributed by atoms with Crippen molar-refractivity contribution in [3.8, 4) is 0 Å². The van der Waals surface area contributed by atoms with Crippen molar-refractivity contribution in [3.63, 3.8) is 0 Å². The Morgan fingerprint density at radius 1 is 0.889 bits per heavy atom. The Bertz CT molecular complexity index is 598. The Balaban J connectivity index is 1.63. The second-order valence-corrected chi connectivity index (χ2v) is 5.28. The first kappa shape index (κ1) is 11.4. The van der Waals surface area contributed by atoms with Crippen LogP contribution in [-0.4, -0.2) is 4.98 Å². The van der Waals surface area contributed by atoms with Gasteiger partial charge in [0.15, 0.2) is 0 Å². The van der Waals surface area contributed by atoms with E-state index in [9.17, 15) is 0 Å². The Morgan fingerprint density at radius 2 is 1.67 bits per heavy atom. The average Bonchev–Trinajstić information content (AvgIpc) is 2.82. The predicted octanol–water partition coefficient (Wildman–Crippen LogP) is 3.59. The van der Waals surface area contributed by atoms with Crippen LogP contribution in [0.2, 0.25) is 0 Å². The maximum atomic E-state index is 4.60. The fourth-order valence-electron chi connectivity index (χ4n) is 1.91. The van der Waals surface area contributed by atoms with Gasteiger partial charge in [0.05, 0.1) is 10.2 Å². The summed E-state index contributed by atoms with van der Waals surface area (Å²) in [6, 6.07) is 18.7. The number of para-hydroxylation sites is 1. The summed E-state index contributed by atoms with van der Waals surface area (Å²) in [6.07, 6.45) is 0. The summed E-state index contributed by atoms with van der Waals surface area (Å²) in [6.45, 7) is 1.71. The normalized spacial score (nSPS) is 10.9. The van der Waals surface area contributed by atoms with Crippen LogP contribution in [0.25, 0.3) is 10.2 Å². The molecule has 0 atom stereocenters. The van der Waals surface area contributed by atoms with Crippen LogP contribution in [0, 0.1) is 0 Å². The SMILES string of the molecule is c1ccc(CNCc2nc3ccccc3s2)cc1. The molecule has 0 saturated heterocycles. The number of rotatable bonds is 4. The first-order chi connectivity index (χ1) is 8.92. The summed E-state index contributed by atoms with van der Waals surface area (Å²) in [5.74, 6) is 0. The number of hydrogen-bond acceptors (Lipinski definition) is 3. The molecule has 2 nitrogen and oxygen atoms in total. The Kier molecular flexibility index (Phi) is 3.35. The molecule has 0 aliphatic heterocycles. The minimum Gasteiger partial charge on any atom is -0.306 e. The van der Waals surface area contributed by atoms with Crippen LogP contribution in [0.15, 0.2) is 54.6 Å². The van der Waals surface area contributed by atoms with Gasteiger partial charge in [-0.05, 0) is 17.7 Å². The number of fused-ring (bicyclic) bond motifs is 1. The second-order valence-electron chi connectivity index (χ2n) is 4.16. The molecular formula is C15H14N2S. The molecule has 0 radical (unpaired) electrons. The molecule has 0 saturated carbocycles. The van der Waals surface area contributed by atoms with Gasteiger partial charge >= 0.3 is 0 Å². The molecule has 2 aromatic carbocycles. The lowest BCUT2D eigenvalue weighted by atomic mass is 10.2. The lowest BCUT2D eigenvalue weighted by molar-refractivity contribution is 0.691. The molecule has 0 fully saturated rings. The van der Waals surface area contributed by atoms with Gasteiger partial charge < -0.3 is 5.32 Å². The number of thiazole rings is 1. The van der Waals surface area contributed by atoms with Gasteiger partial charge in [-0.15, -0.1) is 11.3 Å². The fourth-order valence-corrected chi connectivity index (χ4v) is 2.84. The number of hydrogen-bond donors (Lipinski definition) is 1. The maximum Gasteiger partial charge on any atom is 0.108 e. The third kappa shape index (κ3) is 2.58. The van der Waals surface area contributed by atoms with Crippen LogP contribution in [0.5, 0.6) is 0 Å². The van der Waals surface area contributed by atoms with E-state index in [0.717, 1.165) is 23.6 Å². The predicted molar refractivity (Wildman–Crippen MR) is 76.6 cm³/mol. The Morgan fingerprint density at radius 3 is 2.50 bits per heavy atom. The molecule has 1 N–H and O–H groups in total. The van der Waals surface area contributed by atoms with Gasteiger partial charge in [-0.3, -0.25) is 0 Å². The second kappa shape index (κ2) is 5.29. The molecule has 0 spiro atoms. The number of nitrogens with one attached hydrogen (secondary N) is 1. The molecule has 0 amide bonds. The summed E-state index contributed by atoms with van der Waals surface area (Å²) in [7, 11) is 0. The van der Waals surface area contributed by atoms with Gasteiger partial charge in [0.2, 0.25) is 0 Å². The van der Waals surface area contributed by atoms with Crippen LogP contribution >= 0.6 is 11.3 Å². The highest BCUT2D eigenvalue weighted by Crippen LogP contribution is 2.21. The maximum absolute atomic E-state index is 4.60. The first-order valence-corrected chi connectivity index (χ1v) is 6.82. The zero-order chi connectivity index (χ0) is 12.2. The lowest BCUT2D eigenvalue weighted by Crippen LogP contribution is -2.12. The third-order valence-corrected chi connectivity index (χ3v) is 3.82. The smallest absolute Gasteiger partial charge is 0.108 e. The standard InChI is InChI=1S/C15H14N2S/c1-2-6-12(7-3-1)10-16-11-15-17-13-8-4-5-9-14(13)18-15/h1-9,16H,10-11H2. The molecule has 3 rings (SSSR count). The van der Waals surface area contributed by atoms with E-state index in [1.807, 2.05) is 12.1 Å². The van der Waals surface area contributed by atoms with Crippen LogP contribution in [0.3, 0.4) is 0 Å². The van der Waals surface area contributed by atoms with Gasteiger partial charge in [-0.25, -0.2) is 4.98 Å². The number of benzene rings is 2. The van der Waals surface area contributed by atoms with E-state index in [4.69, 9.17) is 0 Å². The minimum absolute atomic E-state index is 0.828. The number of aromatic nitrogens is 1. The summed E-state index contributed by atoms with van der Waals surface area (Å²) >= 11 is 1.76. The summed E-state index contributed by atoms with van der Waals surface area (Å²) < 4.78 is 1.26. The molecule has 0 bridgehead atoms. The van der Waals surface area contributed by atoms with E-state index >= 15 is 0 Å². The van der Waals surface area contributed by atoms with Gasteiger partial charge in [0.25, 0.3) is 0 Å². The van der Waals surface area contributed by atoms with Gasteiger partial charge in [0.1, 0.15) is 5.01 Å². The molecule has 0 aliphatic carbocycles. The van der Waals surface area contributed by atoms with E-state index in [1.165, 1.54) is 10.3 Å². The zero-order valence-corrected chi connectivity index (χ0v) is 10.8. The average molecular weight is 254 g/mol. The van der Waals surface area contributed by atoms with Crippen molar-refractivity contribution in [3.05, 3.63) is 65.2 Å². The molecule has 1 aromatic heterocycles. The van der Waals surface area contributed by atoms with Gasteiger partial charge in [0, 0.05) is 13.1 Å². The van der Waals surface area contributed by atoms with Gasteiger partial charge in [-0.1, -0.05) is 42.5 Å². The van der Waals surface area contributed by atoms with Gasteiger partial charge in [-0.2, -0.15) is 0 Å². The highest BCUT2D eigenvalue weighted by Gasteiger charge is 2.02. The first-order valence-electron chi connectivity index (χ1n) is 6.01. The summed E-state index contributed by atoms with van der Waals surface area (Å²) in [5.41, 5.74) is 2.40. The van der Waals surface area contributed by atoms with Crippen LogP contribution < -0.4 is 5.32 Å². The minimum atomic E-state index is 0.828. The van der Waals surface area contributed by atoms with Crippen molar-refractivity contribution in [1.29, 1.82) is 0 Å². The van der Waals surface area contributed by atoms with Crippen molar-refractivity contribution in [2.45, 2.75) is 13.1 Å². The largest absolute Gasteiger partial charge is 0.306 e. The molecular weight excluding hydrogens is 240 g/mol. The fraction of sp³-hybridized carbons (Fsp3) is 0.133. The zero-order valence-electron chi connectivity index (χ0n) is 9.97. The summed E-state index contributed by atoms with van der Waals surface area (Å²) in [4.78, 5) is 4.60. The highest BCUT2D eigenvalue weighted by molar-refractivity contribution is 7.18. The van der Waals surface area contributed by atoms with E-state index in [-0.39, 0.29) is 0 Å². The van der Waals surface area contributed by atoms with Crippen molar-refractivity contribution < 1.29 is 0 Å². The van der Waals surface area contributed by atoms with E-state index < -0.39 is 0 Å². The van der Waals surface area contributed by atoms with E-state index in [0.29, 0.717) is 0 Å². The van der Waals surface area contributed by atoms with Crippen molar-refractivity contribution >= 4 is 21.6 Å². The Hall–Kier alpha value is -1.71. The highest BCUT2D eigenvalue weighted by atomic mass is 32.1. The quantitative estimate of drug-likeness (QED) is 0.769. The third-order valence-electron chi connectivity index (χ3n) is 2.79. The van der Waals surface area contributed by atoms with Crippen molar-refractivity contribution in [2.24, 2.45) is 0 Å². The topological polar surface area (TPSA) is 24.9 Å². The lowest BCUT2D eigenvalue weighted by Gasteiger charge is -2.01. The number of nitrogens with zero attached hydrogens (tertiary/aromatic N) is 1. The van der Waals surface area contributed by atoms with Crippen LogP contribution in [0.1, 0.15) is 10.6 Å². The van der Waals surface area contributed by atoms with Crippen LogP contribution in [0.4, 0.5) is 0 Å².